The number of nitrogens with zero attached hydrogens (tertiary/aromatic N) is 4. The van der Waals surface area contributed by atoms with Crippen molar-refractivity contribution in [2.24, 2.45) is 4.99 Å². The molecule has 212 valence electrons. The van der Waals surface area contributed by atoms with Crippen LogP contribution in [0.2, 0.25) is 5.02 Å². The summed E-state index contributed by atoms with van der Waals surface area (Å²) in [4.78, 5) is 7.65. The molecule has 2 aliphatic rings. The highest BCUT2D eigenvalue weighted by Gasteiger charge is 2.45. The Hall–Kier alpha value is -3.10. The number of halogens is 1. The van der Waals surface area contributed by atoms with Gasteiger partial charge in [-0.1, -0.05) is 67.3 Å². The molecule has 0 radical (unpaired) electrons. The molecule has 1 unspecified atom stereocenters. The number of benzene rings is 3. The van der Waals surface area contributed by atoms with Gasteiger partial charge in [-0.05, 0) is 68.1 Å². The molecular weight excluding hydrogens is 522 g/mol. The van der Waals surface area contributed by atoms with E-state index in [9.17, 15) is 10.2 Å². The second kappa shape index (κ2) is 13.5. The minimum Gasteiger partial charge on any atom is -0.396 e. The lowest BCUT2D eigenvalue weighted by Crippen LogP contribution is -2.62. The maximum Gasteiger partial charge on any atom is 0.218 e. The van der Waals surface area contributed by atoms with Gasteiger partial charge < -0.3 is 15.1 Å². The first kappa shape index (κ1) is 28.4. The number of fused-ring (bicyclic) bond motifs is 1. The molecule has 0 aromatic heterocycles. The number of nitrogens with one attached hydrogen (secondary N) is 1. The van der Waals surface area contributed by atoms with E-state index in [4.69, 9.17) is 16.6 Å². The van der Waals surface area contributed by atoms with E-state index in [2.05, 4.69) is 50.6 Å². The number of para-hydroxylation sites is 2. The van der Waals surface area contributed by atoms with Crippen molar-refractivity contribution in [3.8, 4) is 0 Å². The van der Waals surface area contributed by atoms with Crippen LogP contribution < -0.4 is 20.2 Å². The SMILES string of the molecule is OCCCN(c1ccccc1)N1C=NC(NC2CCCCC2)(N(CCCO)c2ccccc2)c2cc(Cl)ccc21. The number of anilines is 3. The van der Waals surface area contributed by atoms with Crippen molar-refractivity contribution in [2.75, 3.05) is 41.2 Å². The number of hydrogen-bond acceptors (Lipinski definition) is 7. The van der Waals surface area contributed by atoms with Gasteiger partial charge in [-0.2, -0.15) is 0 Å². The molecule has 1 fully saturated rings. The molecule has 0 bridgehead atoms. The van der Waals surface area contributed by atoms with Gasteiger partial charge in [0, 0.05) is 48.6 Å². The highest BCUT2D eigenvalue weighted by molar-refractivity contribution is 6.30. The highest BCUT2D eigenvalue weighted by atomic mass is 35.5. The minimum absolute atomic E-state index is 0.0873. The lowest BCUT2D eigenvalue weighted by atomic mass is 9.92. The zero-order valence-electron chi connectivity index (χ0n) is 23.0. The topological polar surface area (TPSA) is 74.6 Å². The van der Waals surface area contributed by atoms with Crippen molar-refractivity contribution >= 4 is 35.0 Å². The third-order valence-electron chi connectivity index (χ3n) is 7.79. The second-order valence-corrected chi connectivity index (χ2v) is 10.9. The van der Waals surface area contributed by atoms with Gasteiger partial charge in [0.1, 0.15) is 6.34 Å². The van der Waals surface area contributed by atoms with Crippen LogP contribution in [0.1, 0.15) is 50.5 Å². The number of aliphatic imine (C=N–C) groups is 1. The molecule has 1 atom stereocenters. The minimum atomic E-state index is -0.922. The highest BCUT2D eigenvalue weighted by Crippen LogP contribution is 2.43. The molecule has 0 spiro atoms. The Balaban J connectivity index is 1.67. The van der Waals surface area contributed by atoms with Crippen molar-refractivity contribution in [2.45, 2.75) is 56.8 Å². The Morgan fingerprint density at radius 3 is 2.17 bits per heavy atom. The zero-order chi connectivity index (χ0) is 27.8. The van der Waals surface area contributed by atoms with Crippen LogP contribution in [0.5, 0.6) is 0 Å². The molecule has 5 rings (SSSR count). The van der Waals surface area contributed by atoms with Crippen molar-refractivity contribution in [3.63, 3.8) is 0 Å². The molecule has 40 heavy (non-hydrogen) atoms. The van der Waals surface area contributed by atoms with Crippen molar-refractivity contribution in [1.29, 1.82) is 0 Å². The monoisotopic (exact) mass is 561 g/mol. The first-order valence-electron chi connectivity index (χ1n) is 14.5. The van der Waals surface area contributed by atoms with Crippen LogP contribution in [0.15, 0.2) is 83.9 Å². The fourth-order valence-corrected chi connectivity index (χ4v) is 6.06. The maximum atomic E-state index is 9.89. The number of aliphatic hydroxyl groups excluding tert-OH is 2. The van der Waals surface area contributed by atoms with Crippen LogP contribution in [0.4, 0.5) is 17.1 Å². The van der Waals surface area contributed by atoms with E-state index >= 15 is 0 Å². The molecule has 1 aliphatic heterocycles. The standard InChI is InChI=1S/C32H40ClN5O2/c33-26-18-19-31-30(24-26)32(35-27-12-4-1-5-13-27,36(20-10-22-39)28-14-6-2-7-15-28)34-25-38(31)37(21-11-23-40)29-16-8-3-9-17-29/h2-3,6-9,14-19,24-25,27,35,39-40H,1,4-5,10-13,20-23H2. The van der Waals surface area contributed by atoms with Gasteiger partial charge in [0.05, 0.1) is 11.4 Å². The number of hydrogen-bond donors (Lipinski definition) is 3. The van der Waals surface area contributed by atoms with E-state index in [0.29, 0.717) is 37.0 Å². The summed E-state index contributed by atoms with van der Waals surface area (Å²) in [6.45, 7) is 1.41. The molecule has 8 heteroatoms. The summed E-state index contributed by atoms with van der Waals surface area (Å²) in [7, 11) is 0. The van der Waals surface area contributed by atoms with E-state index in [1.807, 2.05) is 54.9 Å². The first-order valence-corrected chi connectivity index (χ1v) is 14.8. The molecule has 1 heterocycles. The molecule has 7 nitrogen and oxygen atoms in total. The summed E-state index contributed by atoms with van der Waals surface area (Å²) in [5.74, 6) is -0.922. The number of hydrazine groups is 1. The van der Waals surface area contributed by atoms with Gasteiger partial charge in [-0.15, -0.1) is 0 Å². The third kappa shape index (κ3) is 6.13. The van der Waals surface area contributed by atoms with Crippen molar-refractivity contribution < 1.29 is 10.2 Å². The zero-order valence-corrected chi connectivity index (χ0v) is 23.8. The second-order valence-electron chi connectivity index (χ2n) is 10.5. The molecule has 1 saturated carbocycles. The van der Waals surface area contributed by atoms with Gasteiger partial charge in [-0.3, -0.25) is 10.3 Å². The molecule has 3 N–H and O–H groups in total. The third-order valence-corrected chi connectivity index (χ3v) is 8.02. The van der Waals surface area contributed by atoms with E-state index in [0.717, 1.165) is 35.5 Å². The van der Waals surface area contributed by atoms with Crippen LogP contribution in [-0.2, 0) is 5.79 Å². The normalized spacial score (nSPS) is 18.9. The van der Waals surface area contributed by atoms with Gasteiger partial charge >= 0.3 is 0 Å². The fraction of sp³-hybridized carbons (Fsp3) is 0.406. The van der Waals surface area contributed by atoms with Crippen LogP contribution in [-0.4, -0.2) is 48.9 Å². The summed E-state index contributed by atoms with van der Waals surface area (Å²) in [6, 6.07) is 26.8. The first-order chi connectivity index (χ1) is 19.7. The van der Waals surface area contributed by atoms with E-state index in [1.54, 1.807) is 0 Å². The predicted octanol–water partition coefficient (Wildman–Crippen LogP) is 5.91. The van der Waals surface area contributed by atoms with Crippen LogP contribution in [0.3, 0.4) is 0 Å². The Kier molecular flexibility index (Phi) is 9.60. The quantitative estimate of drug-likeness (QED) is 0.239. The maximum absolute atomic E-state index is 9.89. The molecule has 3 aromatic rings. The Labute approximate surface area is 242 Å². The molecule has 0 amide bonds. The summed E-state index contributed by atoms with van der Waals surface area (Å²) < 4.78 is 0. The van der Waals surface area contributed by atoms with Crippen LogP contribution >= 0.6 is 11.6 Å². The largest absolute Gasteiger partial charge is 0.396 e. The molecule has 3 aromatic carbocycles. The summed E-state index contributed by atoms with van der Waals surface area (Å²) in [5.41, 5.74) is 3.96. The van der Waals surface area contributed by atoms with Gasteiger partial charge in [0.15, 0.2) is 0 Å². The van der Waals surface area contributed by atoms with Gasteiger partial charge in [-0.25, -0.2) is 10.0 Å². The Morgan fingerprint density at radius 1 is 0.850 bits per heavy atom. The van der Waals surface area contributed by atoms with Gasteiger partial charge in [0.2, 0.25) is 5.79 Å². The Morgan fingerprint density at radius 2 is 1.50 bits per heavy atom. The van der Waals surface area contributed by atoms with Crippen molar-refractivity contribution in [3.05, 3.63) is 89.4 Å². The van der Waals surface area contributed by atoms with Crippen molar-refractivity contribution in [1.82, 2.24) is 5.32 Å². The van der Waals surface area contributed by atoms with Crippen LogP contribution in [0, 0.1) is 0 Å². The number of rotatable bonds is 12. The lowest BCUT2D eigenvalue weighted by Gasteiger charge is -2.50. The smallest absolute Gasteiger partial charge is 0.218 e. The summed E-state index contributed by atoms with van der Waals surface area (Å²) >= 11 is 6.73. The van der Waals surface area contributed by atoms with E-state index in [1.165, 1.54) is 19.3 Å². The Bertz CT molecular complexity index is 1240. The van der Waals surface area contributed by atoms with Crippen LogP contribution in [0.25, 0.3) is 0 Å². The average molecular weight is 562 g/mol. The number of aliphatic hydroxyl groups is 2. The predicted molar refractivity (Wildman–Crippen MR) is 165 cm³/mol. The summed E-state index contributed by atoms with van der Waals surface area (Å²) in [6.07, 6.45) is 8.94. The fourth-order valence-electron chi connectivity index (χ4n) is 5.89. The summed E-state index contributed by atoms with van der Waals surface area (Å²) in [5, 5.41) is 28.5. The molecule has 0 saturated heterocycles. The lowest BCUT2D eigenvalue weighted by molar-refractivity contribution is 0.234. The van der Waals surface area contributed by atoms with E-state index in [-0.39, 0.29) is 13.2 Å². The molecule has 1 aliphatic carbocycles. The van der Waals surface area contributed by atoms with E-state index < -0.39 is 5.79 Å². The average Bonchev–Trinajstić information content (AvgIpc) is 3.00. The van der Waals surface area contributed by atoms with Gasteiger partial charge in [0.25, 0.3) is 0 Å². The molecular formula is C32H40ClN5O2.